The van der Waals surface area contributed by atoms with Crippen LogP contribution in [-0.4, -0.2) is 23.7 Å². The molecule has 1 heterocycles. The number of alkyl halides is 3. The summed E-state index contributed by atoms with van der Waals surface area (Å²) in [5.74, 6) is 0.112. The second-order valence-electron chi connectivity index (χ2n) is 3.74. The van der Waals surface area contributed by atoms with Gasteiger partial charge in [-0.1, -0.05) is 0 Å². The summed E-state index contributed by atoms with van der Waals surface area (Å²) in [6, 6.07) is 2.80. The third-order valence-corrected chi connectivity index (χ3v) is 2.10. The summed E-state index contributed by atoms with van der Waals surface area (Å²) >= 11 is 0. The van der Waals surface area contributed by atoms with Crippen LogP contribution >= 0.6 is 0 Å². The number of nitrogens with zero attached hydrogens (tertiary/aromatic N) is 2. The number of pyridine rings is 1. The molecule has 0 spiro atoms. The lowest BCUT2D eigenvalue weighted by Gasteiger charge is -2.30. The van der Waals surface area contributed by atoms with Crippen LogP contribution in [0.1, 0.15) is 13.8 Å². The summed E-state index contributed by atoms with van der Waals surface area (Å²) in [7, 11) is 0. The van der Waals surface area contributed by atoms with Gasteiger partial charge in [0.2, 0.25) is 0 Å². The molecule has 0 amide bonds. The Balaban J connectivity index is 2.99. The molecule has 0 bridgehead atoms. The molecular weight excluding hydrogens is 219 g/mol. The van der Waals surface area contributed by atoms with Gasteiger partial charge in [0, 0.05) is 12.2 Å². The van der Waals surface area contributed by atoms with Gasteiger partial charge in [0.15, 0.2) is 0 Å². The molecule has 0 saturated heterocycles. The molecule has 0 unspecified atom stereocenters. The highest BCUT2D eigenvalue weighted by Gasteiger charge is 2.32. The highest BCUT2D eigenvalue weighted by molar-refractivity contribution is 5.63. The molecule has 0 fully saturated rings. The van der Waals surface area contributed by atoms with Crippen molar-refractivity contribution in [3.05, 3.63) is 18.3 Å². The lowest BCUT2D eigenvalue weighted by atomic mass is 10.2. The van der Waals surface area contributed by atoms with E-state index >= 15 is 0 Å². The third kappa shape index (κ3) is 3.29. The number of aromatic nitrogens is 1. The van der Waals surface area contributed by atoms with Gasteiger partial charge in [0.1, 0.15) is 12.4 Å². The largest absolute Gasteiger partial charge is 0.405 e. The molecule has 0 radical (unpaired) electrons. The average Bonchev–Trinajstić information content (AvgIpc) is 2.13. The van der Waals surface area contributed by atoms with Crippen LogP contribution in [0.15, 0.2) is 18.3 Å². The molecular formula is C10H14F3N3. The number of rotatable bonds is 3. The van der Waals surface area contributed by atoms with Gasteiger partial charge < -0.3 is 10.6 Å². The topological polar surface area (TPSA) is 42.2 Å². The van der Waals surface area contributed by atoms with Crippen LogP contribution in [0.3, 0.4) is 0 Å². The van der Waals surface area contributed by atoms with Gasteiger partial charge in [-0.05, 0) is 26.0 Å². The van der Waals surface area contributed by atoms with Crippen LogP contribution in [0.2, 0.25) is 0 Å². The predicted molar refractivity (Wildman–Crippen MR) is 57.2 cm³/mol. The summed E-state index contributed by atoms with van der Waals surface area (Å²) < 4.78 is 37.1. The monoisotopic (exact) mass is 233 g/mol. The number of anilines is 2. The molecule has 0 aliphatic rings. The molecule has 2 N–H and O–H groups in total. The predicted octanol–water partition coefficient (Wildman–Crippen LogP) is 2.44. The van der Waals surface area contributed by atoms with Crippen molar-refractivity contribution < 1.29 is 13.2 Å². The summed E-state index contributed by atoms with van der Waals surface area (Å²) in [6.45, 7) is 2.33. The molecule has 0 aliphatic heterocycles. The Labute approximate surface area is 92.1 Å². The lowest BCUT2D eigenvalue weighted by molar-refractivity contribution is -0.120. The van der Waals surface area contributed by atoms with E-state index < -0.39 is 12.7 Å². The van der Waals surface area contributed by atoms with Crippen molar-refractivity contribution in [3.8, 4) is 0 Å². The fourth-order valence-corrected chi connectivity index (χ4v) is 1.39. The molecule has 6 heteroatoms. The molecule has 1 rings (SSSR count). The Hall–Kier alpha value is -1.46. The van der Waals surface area contributed by atoms with Gasteiger partial charge in [-0.3, -0.25) is 0 Å². The molecule has 0 aromatic carbocycles. The second kappa shape index (κ2) is 4.59. The number of nitrogen functional groups attached to an aromatic ring is 1. The van der Waals surface area contributed by atoms with E-state index in [-0.39, 0.29) is 11.9 Å². The van der Waals surface area contributed by atoms with E-state index in [1.807, 2.05) is 0 Å². The van der Waals surface area contributed by atoms with Crippen molar-refractivity contribution in [2.75, 3.05) is 17.2 Å². The Morgan fingerprint density at radius 1 is 1.44 bits per heavy atom. The quantitative estimate of drug-likeness (QED) is 0.871. The van der Waals surface area contributed by atoms with E-state index in [0.717, 1.165) is 0 Å². The smallest absolute Gasteiger partial charge is 0.382 e. The zero-order valence-corrected chi connectivity index (χ0v) is 9.12. The number of nitrogens with two attached hydrogens (primary N) is 1. The fourth-order valence-electron chi connectivity index (χ4n) is 1.39. The van der Waals surface area contributed by atoms with Crippen molar-refractivity contribution >= 4 is 11.5 Å². The van der Waals surface area contributed by atoms with E-state index in [0.29, 0.717) is 5.69 Å². The summed E-state index contributed by atoms with van der Waals surface area (Å²) in [5, 5.41) is 0. The first-order valence-electron chi connectivity index (χ1n) is 4.85. The van der Waals surface area contributed by atoms with Crippen molar-refractivity contribution in [2.45, 2.75) is 26.1 Å². The molecule has 0 aliphatic carbocycles. The van der Waals surface area contributed by atoms with Crippen LogP contribution in [0, 0.1) is 0 Å². The van der Waals surface area contributed by atoms with Crippen LogP contribution in [0.25, 0.3) is 0 Å². The minimum atomic E-state index is -4.26. The maximum atomic E-state index is 12.4. The molecule has 0 atom stereocenters. The summed E-state index contributed by atoms with van der Waals surface area (Å²) in [6.07, 6.45) is -2.81. The lowest BCUT2D eigenvalue weighted by Crippen LogP contribution is -2.39. The van der Waals surface area contributed by atoms with Gasteiger partial charge in [-0.2, -0.15) is 13.2 Å². The zero-order valence-electron chi connectivity index (χ0n) is 9.12. The third-order valence-electron chi connectivity index (χ3n) is 2.10. The van der Waals surface area contributed by atoms with Crippen LogP contribution < -0.4 is 10.6 Å². The maximum Gasteiger partial charge on any atom is 0.405 e. The molecule has 16 heavy (non-hydrogen) atoms. The standard InChI is InChI=1S/C10H14F3N3/c1-7(2)16(6-10(11,12)13)8-4-3-5-15-9(8)14/h3-5,7H,6H2,1-2H3,(H2,14,15). The van der Waals surface area contributed by atoms with Gasteiger partial charge in [0.25, 0.3) is 0 Å². The Kier molecular flexibility index (Phi) is 3.62. The van der Waals surface area contributed by atoms with E-state index in [9.17, 15) is 13.2 Å². The minimum Gasteiger partial charge on any atom is -0.382 e. The van der Waals surface area contributed by atoms with Crippen molar-refractivity contribution in [3.63, 3.8) is 0 Å². The Bertz CT molecular complexity index is 349. The van der Waals surface area contributed by atoms with Crippen LogP contribution in [-0.2, 0) is 0 Å². The van der Waals surface area contributed by atoms with Gasteiger partial charge in [0.05, 0.1) is 5.69 Å². The van der Waals surface area contributed by atoms with Crippen molar-refractivity contribution in [1.29, 1.82) is 0 Å². The Morgan fingerprint density at radius 3 is 2.50 bits per heavy atom. The first-order chi connectivity index (χ1) is 7.31. The normalized spacial score (nSPS) is 11.9. The summed E-state index contributed by atoms with van der Waals surface area (Å²) in [4.78, 5) is 4.96. The summed E-state index contributed by atoms with van der Waals surface area (Å²) in [5.41, 5.74) is 5.87. The molecule has 1 aromatic rings. The van der Waals surface area contributed by atoms with Crippen molar-refractivity contribution in [1.82, 2.24) is 4.98 Å². The SMILES string of the molecule is CC(C)N(CC(F)(F)F)c1cccnc1N. The number of hydrogen-bond donors (Lipinski definition) is 1. The van der Waals surface area contributed by atoms with Gasteiger partial charge in [-0.15, -0.1) is 0 Å². The molecule has 0 saturated carbocycles. The number of hydrogen-bond acceptors (Lipinski definition) is 3. The highest BCUT2D eigenvalue weighted by Crippen LogP contribution is 2.27. The molecule has 90 valence electrons. The first kappa shape index (κ1) is 12.6. The van der Waals surface area contributed by atoms with Crippen LogP contribution in [0.4, 0.5) is 24.7 Å². The van der Waals surface area contributed by atoms with E-state index in [2.05, 4.69) is 4.98 Å². The van der Waals surface area contributed by atoms with E-state index in [4.69, 9.17) is 5.73 Å². The zero-order chi connectivity index (χ0) is 12.3. The Morgan fingerprint density at radius 2 is 2.06 bits per heavy atom. The van der Waals surface area contributed by atoms with Crippen LogP contribution in [0.5, 0.6) is 0 Å². The van der Waals surface area contributed by atoms with E-state index in [1.165, 1.54) is 17.2 Å². The van der Waals surface area contributed by atoms with Gasteiger partial charge in [-0.25, -0.2) is 4.98 Å². The minimum absolute atomic E-state index is 0.112. The van der Waals surface area contributed by atoms with E-state index in [1.54, 1.807) is 19.9 Å². The maximum absolute atomic E-state index is 12.4. The molecule has 3 nitrogen and oxygen atoms in total. The highest BCUT2D eigenvalue weighted by atomic mass is 19.4. The van der Waals surface area contributed by atoms with Crippen molar-refractivity contribution in [2.24, 2.45) is 0 Å². The van der Waals surface area contributed by atoms with Gasteiger partial charge >= 0.3 is 6.18 Å². The average molecular weight is 233 g/mol. The fraction of sp³-hybridized carbons (Fsp3) is 0.500. The first-order valence-corrected chi connectivity index (χ1v) is 4.85. The molecule has 1 aromatic heterocycles. The number of halogens is 3. The second-order valence-corrected chi connectivity index (χ2v) is 3.74.